The zero-order chi connectivity index (χ0) is 8.10. The topological polar surface area (TPSA) is 55.1 Å². The fraction of sp³-hybridized carbons (Fsp3) is 0.857. The molecule has 64 valence electrons. The van der Waals surface area contributed by atoms with Crippen molar-refractivity contribution in [2.75, 3.05) is 18.8 Å². The molecule has 0 radical (unpaired) electrons. The Morgan fingerprint density at radius 3 is 3.09 bits per heavy atom. The molecule has 1 unspecified atom stereocenters. The van der Waals surface area contributed by atoms with Gasteiger partial charge in [-0.1, -0.05) is 0 Å². The van der Waals surface area contributed by atoms with Crippen molar-refractivity contribution in [1.82, 2.24) is 5.32 Å². The van der Waals surface area contributed by atoms with Gasteiger partial charge in [0, 0.05) is 11.8 Å². The molecule has 1 atom stereocenters. The van der Waals surface area contributed by atoms with Crippen LogP contribution in [0.3, 0.4) is 0 Å². The Hall–Kier alpha value is -0.220. The molecular weight excluding hydrogens is 160 g/mol. The zero-order valence-corrected chi connectivity index (χ0v) is 7.32. The van der Waals surface area contributed by atoms with Crippen LogP contribution in [-0.4, -0.2) is 30.0 Å². The van der Waals surface area contributed by atoms with Crippen molar-refractivity contribution in [3.05, 3.63) is 0 Å². The number of rotatable bonds is 3. The number of nitrogens with one attached hydrogen (secondary N) is 1. The summed E-state index contributed by atoms with van der Waals surface area (Å²) in [6.07, 6.45) is 2.52. The number of thioether (sulfide) groups is 1. The van der Waals surface area contributed by atoms with E-state index in [0.29, 0.717) is 5.25 Å². The van der Waals surface area contributed by atoms with Gasteiger partial charge in [0.15, 0.2) is 0 Å². The third-order valence-electron chi connectivity index (χ3n) is 1.74. The fourth-order valence-electron chi connectivity index (χ4n) is 1.11. The smallest absolute Gasteiger partial charge is 0.233 e. The lowest BCUT2D eigenvalue weighted by atomic mass is 10.2. The standard InChI is InChI=1S/C7H14N2OS/c8-4-7(10)9-5-6-2-1-3-11-6/h6H,1-5,8H2,(H,9,10). The highest BCUT2D eigenvalue weighted by Gasteiger charge is 2.15. The van der Waals surface area contributed by atoms with E-state index in [1.807, 2.05) is 11.8 Å². The van der Waals surface area contributed by atoms with Crippen LogP contribution in [0, 0.1) is 0 Å². The van der Waals surface area contributed by atoms with Gasteiger partial charge in [0.1, 0.15) is 0 Å². The van der Waals surface area contributed by atoms with Gasteiger partial charge < -0.3 is 11.1 Å². The van der Waals surface area contributed by atoms with Crippen molar-refractivity contribution < 1.29 is 4.79 Å². The molecule has 4 heteroatoms. The Balaban J connectivity index is 2.06. The number of hydrogen-bond donors (Lipinski definition) is 2. The lowest BCUT2D eigenvalue weighted by molar-refractivity contribution is -0.119. The Kier molecular flexibility index (Phi) is 3.72. The summed E-state index contributed by atoms with van der Waals surface area (Å²) in [4.78, 5) is 10.7. The summed E-state index contributed by atoms with van der Waals surface area (Å²) in [5, 5.41) is 3.42. The Labute approximate surface area is 71.1 Å². The molecular formula is C7H14N2OS. The maximum Gasteiger partial charge on any atom is 0.233 e. The quantitative estimate of drug-likeness (QED) is 0.631. The summed E-state index contributed by atoms with van der Waals surface area (Å²) in [6.45, 7) is 0.901. The van der Waals surface area contributed by atoms with E-state index in [9.17, 15) is 4.79 Å². The second-order valence-electron chi connectivity index (χ2n) is 2.64. The van der Waals surface area contributed by atoms with Crippen molar-refractivity contribution >= 4 is 17.7 Å². The maximum atomic E-state index is 10.7. The van der Waals surface area contributed by atoms with E-state index in [4.69, 9.17) is 5.73 Å². The minimum atomic E-state index is -0.0440. The molecule has 0 spiro atoms. The minimum Gasteiger partial charge on any atom is -0.354 e. The highest BCUT2D eigenvalue weighted by Crippen LogP contribution is 2.24. The van der Waals surface area contributed by atoms with E-state index in [0.717, 1.165) is 6.54 Å². The summed E-state index contributed by atoms with van der Waals surface area (Å²) in [5.41, 5.74) is 5.14. The first kappa shape index (κ1) is 8.87. The molecule has 1 rings (SSSR count). The van der Waals surface area contributed by atoms with Crippen LogP contribution in [0.15, 0.2) is 0 Å². The molecule has 0 saturated carbocycles. The third kappa shape index (κ3) is 3.12. The van der Waals surface area contributed by atoms with Gasteiger partial charge in [-0.3, -0.25) is 4.79 Å². The Morgan fingerprint density at radius 1 is 1.73 bits per heavy atom. The molecule has 1 fully saturated rings. The van der Waals surface area contributed by atoms with Crippen LogP contribution in [0.5, 0.6) is 0 Å². The van der Waals surface area contributed by atoms with Gasteiger partial charge in [-0.25, -0.2) is 0 Å². The first-order valence-corrected chi connectivity index (χ1v) is 4.96. The van der Waals surface area contributed by atoms with Crippen LogP contribution in [-0.2, 0) is 4.79 Å². The zero-order valence-electron chi connectivity index (χ0n) is 6.51. The number of amides is 1. The maximum absolute atomic E-state index is 10.7. The van der Waals surface area contributed by atoms with Crippen molar-refractivity contribution in [2.45, 2.75) is 18.1 Å². The number of carbonyl (C=O) groups excluding carboxylic acids is 1. The molecule has 0 aliphatic carbocycles. The molecule has 11 heavy (non-hydrogen) atoms. The van der Waals surface area contributed by atoms with Crippen LogP contribution in [0.25, 0.3) is 0 Å². The second-order valence-corrected chi connectivity index (χ2v) is 4.05. The second kappa shape index (κ2) is 4.62. The molecule has 1 amide bonds. The first-order chi connectivity index (χ1) is 5.33. The summed E-state index contributed by atoms with van der Waals surface area (Å²) >= 11 is 1.94. The SMILES string of the molecule is NCC(=O)NCC1CCCS1. The number of carbonyl (C=O) groups is 1. The van der Waals surface area contributed by atoms with Gasteiger partial charge in [-0.05, 0) is 18.6 Å². The normalized spacial score (nSPS) is 23.5. The Morgan fingerprint density at radius 2 is 2.55 bits per heavy atom. The summed E-state index contributed by atoms with van der Waals surface area (Å²) in [6, 6.07) is 0. The summed E-state index contributed by atoms with van der Waals surface area (Å²) in [5.74, 6) is 1.20. The average molecular weight is 174 g/mol. The highest BCUT2D eigenvalue weighted by molar-refractivity contribution is 8.00. The molecule has 1 heterocycles. The molecule has 0 aromatic rings. The Bertz CT molecular complexity index is 134. The molecule has 1 aliphatic rings. The van der Waals surface area contributed by atoms with Crippen molar-refractivity contribution in [3.8, 4) is 0 Å². The van der Waals surface area contributed by atoms with E-state index in [-0.39, 0.29) is 12.5 Å². The largest absolute Gasteiger partial charge is 0.354 e. The van der Waals surface area contributed by atoms with Gasteiger partial charge in [-0.15, -0.1) is 0 Å². The van der Waals surface area contributed by atoms with Gasteiger partial charge in [-0.2, -0.15) is 11.8 Å². The van der Waals surface area contributed by atoms with Crippen molar-refractivity contribution in [3.63, 3.8) is 0 Å². The van der Waals surface area contributed by atoms with E-state index in [1.54, 1.807) is 0 Å². The minimum absolute atomic E-state index is 0.0440. The van der Waals surface area contributed by atoms with Gasteiger partial charge in [0.25, 0.3) is 0 Å². The predicted octanol–water partition coefficient (Wildman–Crippen LogP) is -0.0431. The molecule has 3 N–H and O–H groups in total. The van der Waals surface area contributed by atoms with Crippen LogP contribution in [0.1, 0.15) is 12.8 Å². The molecule has 3 nitrogen and oxygen atoms in total. The van der Waals surface area contributed by atoms with Crippen LogP contribution in [0.2, 0.25) is 0 Å². The number of hydrogen-bond acceptors (Lipinski definition) is 3. The van der Waals surface area contributed by atoms with Crippen LogP contribution >= 0.6 is 11.8 Å². The fourth-order valence-corrected chi connectivity index (χ4v) is 2.31. The van der Waals surface area contributed by atoms with E-state index >= 15 is 0 Å². The summed E-state index contributed by atoms with van der Waals surface area (Å²) in [7, 11) is 0. The highest BCUT2D eigenvalue weighted by atomic mass is 32.2. The molecule has 1 aliphatic heterocycles. The van der Waals surface area contributed by atoms with Crippen LogP contribution in [0.4, 0.5) is 0 Å². The lowest BCUT2D eigenvalue weighted by Crippen LogP contribution is -2.34. The van der Waals surface area contributed by atoms with E-state index < -0.39 is 0 Å². The van der Waals surface area contributed by atoms with E-state index in [1.165, 1.54) is 18.6 Å². The monoisotopic (exact) mass is 174 g/mol. The molecule has 1 saturated heterocycles. The summed E-state index contributed by atoms with van der Waals surface area (Å²) < 4.78 is 0. The average Bonchev–Trinajstić information content (AvgIpc) is 2.52. The molecule has 0 bridgehead atoms. The van der Waals surface area contributed by atoms with E-state index in [2.05, 4.69) is 5.32 Å². The first-order valence-electron chi connectivity index (χ1n) is 3.91. The number of nitrogens with two attached hydrogens (primary N) is 1. The van der Waals surface area contributed by atoms with Crippen molar-refractivity contribution in [1.29, 1.82) is 0 Å². The van der Waals surface area contributed by atoms with Gasteiger partial charge in [0.2, 0.25) is 5.91 Å². The molecule has 0 aromatic carbocycles. The van der Waals surface area contributed by atoms with Crippen LogP contribution < -0.4 is 11.1 Å². The molecule has 0 aromatic heterocycles. The van der Waals surface area contributed by atoms with Crippen molar-refractivity contribution in [2.24, 2.45) is 5.73 Å². The van der Waals surface area contributed by atoms with Gasteiger partial charge in [0.05, 0.1) is 6.54 Å². The predicted molar refractivity (Wildman–Crippen MR) is 47.5 cm³/mol. The third-order valence-corrected chi connectivity index (χ3v) is 3.13. The van der Waals surface area contributed by atoms with Gasteiger partial charge >= 0.3 is 0 Å². The lowest BCUT2D eigenvalue weighted by Gasteiger charge is -2.08.